The molecule has 1 saturated heterocycles. The maximum absolute atomic E-state index is 12.0. The molecule has 0 bridgehead atoms. The number of imide groups is 1. The van der Waals surface area contributed by atoms with Gasteiger partial charge in [-0.2, -0.15) is 0 Å². The molecule has 1 aliphatic rings. The van der Waals surface area contributed by atoms with Gasteiger partial charge in [0.05, 0.1) is 5.92 Å². The van der Waals surface area contributed by atoms with Gasteiger partial charge in [-0.1, -0.05) is 30.3 Å². The van der Waals surface area contributed by atoms with Gasteiger partial charge in [0.25, 0.3) is 0 Å². The Morgan fingerprint density at radius 3 is 2.70 bits per heavy atom. The molecule has 1 fully saturated rings. The van der Waals surface area contributed by atoms with Gasteiger partial charge in [-0.25, -0.2) is 0 Å². The number of rotatable bonds is 3. The van der Waals surface area contributed by atoms with Crippen LogP contribution in [0.5, 0.6) is 0 Å². The summed E-state index contributed by atoms with van der Waals surface area (Å²) >= 11 is 0. The first-order valence-electron chi connectivity index (χ1n) is 6.25. The highest BCUT2D eigenvalue weighted by molar-refractivity contribution is 6.06. The second-order valence-electron chi connectivity index (χ2n) is 5.01. The monoisotopic (exact) mass is 276 g/mol. The van der Waals surface area contributed by atoms with Crippen molar-refractivity contribution in [1.82, 2.24) is 5.32 Å². The molecule has 2 rings (SSSR count). The van der Waals surface area contributed by atoms with Gasteiger partial charge in [0, 0.05) is 6.42 Å². The Morgan fingerprint density at radius 2 is 2.05 bits per heavy atom. The van der Waals surface area contributed by atoms with Crippen LogP contribution in [0.4, 0.5) is 0 Å². The van der Waals surface area contributed by atoms with E-state index >= 15 is 0 Å². The van der Waals surface area contributed by atoms with Crippen LogP contribution >= 0.6 is 0 Å². The van der Waals surface area contributed by atoms with Crippen LogP contribution in [0, 0.1) is 5.92 Å². The minimum Gasteiger partial charge on any atom is -0.461 e. The van der Waals surface area contributed by atoms with E-state index in [2.05, 4.69) is 5.32 Å². The Bertz CT molecular complexity index is 539. The first-order chi connectivity index (χ1) is 9.41. The van der Waals surface area contributed by atoms with Crippen molar-refractivity contribution in [2.75, 3.05) is 0 Å². The molecule has 1 aliphatic heterocycles. The van der Waals surface area contributed by atoms with Crippen molar-refractivity contribution >= 4 is 17.8 Å². The number of carbonyl (C=O) groups excluding carboxylic acids is 3. The van der Waals surface area contributed by atoms with Crippen molar-refractivity contribution in [3.8, 4) is 0 Å². The Morgan fingerprint density at radius 1 is 1.40 bits per heavy atom. The zero-order valence-corrected chi connectivity index (χ0v) is 11.1. The third kappa shape index (κ3) is 2.85. The number of carbonyl (C=O) groups is 3. The Hall–Kier alpha value is -2.21. The van der Waals surface area contributed by atoms with Crippen molar-refractivity contribution < 1.29 is 19.1 Å². The van der Waals surface area contributed by atoms with Crippen LogP contribution in [0.2, 0.25) is 0 Å². The minimum atomic E-state index is -1.44. The molecule has 2 unspecified atom stereocenters. The van der Waals surface area contributed by atoms with E-state index in [1.54, 1.807) is 0 Å². The fourth-order valence-corrected chi connectivity index (χ4v) is 2.03. The van der Waals surface area contributed by atoms with Crippen molar-refractivity contribution in [2.45, 2.75) is 25.5 Å². The fourth-order valence-electron chi connectivity index (χ4n) is 2.03. The highest BCUT2D eigenvalue weighted by Crippen LogP contribution is 2.24. The van der Waals surface area contributed by atoms with Gasteiger partial charge in [0.2, 0.25) is 11.8 Å². The second kappa shape index (κ2) is 5.42. The summed E-state index contributed by atoms with van der Waals surface area (Å²) < 4.78 is 5.15. The van der Waals surface area contributed by atoms with Crippen molar-refractivity contribution in [1.29, 1.82) is 0 Å². The molecule has 0 aromatic heterocycles. The third-order valence-electron chi connectivity index (χ3n) is 3.36. The number of nitrogens with one attached hydrogen (secondary N) is 1. The number of hydrogen-bond donors (Lipinski definition) is 2. The van der Waals surface area contributed by atoms with Crippen molar-refractivity contribution in [3.05, 3.63) is 35.9 Å². The van der Waals surface area contributed by atoms with Crippen LogP contribution in [0.15, 0.2) is 30.3 Å². The van der Waals surface area contributed by atoms with Gasteiger partial charge in [-0.15, -0.1) is 0 Å². The zero-order valence-electron chi connectivity index (χ0n) is 11.1. The molecule has 20 heavy (non-hydrogen) atoms. The highest BCUT2D eigenvalue weighted by Gasteiger charge is 2.48. The van der Waals surface area contributed by atoms with Gasteiger partial charge < -0.3 is 10.5 Å². The van der Waals surface area contributed by atoms with E-state index in [9.17, 15) is 14.4 Å². The lowest BCUT2D eigenvalue weighted by molar-refractivity contribution is -0.160. The number of hydrogen-bond acceptors (Lipinski definition) is 5. The minimum absolute atomic E-state index is 0.0854. The smallest absolute Gasteiger partial charge is 0.312 e. The molecule has 0 aliphatic carbocycles. The lowest BCUT2D eigenvalue weighted by atomic mass is 9.80. The van der Waals surface area contributed by atoms with Gasteiger partial charge in [0.1, 0.15) is 12.1 Å². The number of benzene rings is 1. The van der Waals surface area contributed by atoms with Crippen LogP contribution in [-0.4, -0.2) is 23.3 Å². The Balaban J connectivity index is 2.04. The SMILES string of the molecule is CC1(N)C(=O)NC(=O)CC1C(=O)OCc1ccccc1. The van der Waals surface area contributed by atoms with E-state index in [-0.39, 0.29) is 13.0 Å². The van der Waals surface area contributed by atoms with Crippen LogP contribution in [0.3, 0.4) is 0 Å². The Labute approximate surface area is 116 Å². The normalized spacial score (nSPS) is 26.0. The lowest BCUT2D eigenvalue weighted by Crippen LogP contribution is -2.64. The molecule has 106 valence electrons. The summed E-state index contributed by atoms with van der Waals surface area (Å²) in [6.45, 7) is 1.51. The van der Waals surface area contributed by atoms with Gasteiger partial charge in [-0.05, 0) is 12.5 Å². The molecule has 0 saturated carbocycles. The molecular weight excluding hydrogens is 260 g/mol. The standard InChI is InChI=1S/C14H16N2O4/c1-14(15)10(7-11(17)16-13(14)19)12(18)20-8-9-5-3-2-4-6-9/h2-6,10H,7-8,15H2,1H3,(H,16,17,19). The summed E-state index contributed by atoms with van der Waals surface area (Å²) in [5.41, 5.74) is 5.21. The summed E-state index contributed by atoms with van der Waals surface area (Å²) in [5.74, 6) is -2.77. The summed E-state index contributed by atoms with van der Waals surface area (Å²) in [7, 11) is 0. The highest BCUT2D eigenvalue weighted by atomic mass is 16.5. The predicted octanol–water partition coefficient (Wildman–Crippen LogP) is 0.110. The van der Waals surface area contributed by atoms with E-state index in [1.807, 2.05) is 30.3 Å². The first kappa shape index (κ1) is 14.2. The number of ether oxygens (including phenoxy) is 1. The molecule has 2 atom stereocenters. The summed E-state index contributed by atoms with van der Waals surface area (Å²) in [4.78, 5) is 35.0. The maximum atomic E-state index is 12.0. The third-order valence-corrected chi connectivity index (χ3v) is 3.36. The molecule has 2 amide bonds. The van der Waals surface area contributed by atoms with Crippen LogP contribution < -0.4 is 11.1 Å². The molecule has 1 aromatic carbocycles. The van der Waals surface area contributed by atoms with E-state index in [1.165, 1.54) is 6.92 Å². The van der Waals surface area contributed by atoms with Crippen molar-refractivity contribution in [2.24, 2.45) is 11.7 Å². The molecule has 1 heterocycles. The second-order valence-corrected chi connectivity index (χ2v) is 5.01. The molecule has 0 spiro atoms. The number of amides is 2. The van der Waals surface area contributed by atoms with Crippen LogP contribution in [-0.2, 0) is 25.7 Å². The maximum Gasteiger partial charge on any atom is 0.312 e. The molecule has 6 nitrogen and oxygen atoms in total. The largest absolute Gasteiger partial charge is 0.461 e. The zero-order chi connectivity index (χ0) is 14.8. The molecular formula is C14H16N2O4. The number of esters is 1. The average Bonchev–Trinajstić information content (AvgIpc) is 2.41. The lowest BCUT2D eigenvalue weighted by Gasteiger charge is -2.34. The fraction of sp³-hybridized carbons (Fsp3) is 0.357. The van der Waals surface area contributed by atoms with Crippen LogP contribution in [0.25, 0.3) is 0 Å². The summed E-state index contributed by atoms with van der Waals surface area (Å²) in [5, 5.41) is 2.12. The Kier molecular flexibility index (Phi) is 3.85. The average molecular weight is 276 g/mol. The van der Waals surface area contributed by atoms with Gasteiger partial charge >= 0.3 is 5.97 Å². The van der Waals surface area contributed by atoms with Gasteiger partial charge in [0.15, 0.2) is 0 Å². The first-order valence-corrected chi connectivity index (χ1v) is 6.25. The van der Waals surface area contributed by atoms with Crippen LogP contribution in [0.1, 0.15) is 18.9 Å². The van der Waals surface area contributed by atoms with Gasteiger partial charge in [-0.3, -0.25) is 19.7 Å². The summed E-state index contributed by atoms with van der Waals surface area (Å²) in [6, 6.07) is 9.13. The number of nitrogens with two attached hydrogens (primary N) is 1. The molecule has 6 heteroatoms. The predicted molar refractivity (Wildman–Crippen MR) is 70.1 cm³/mol. The van der Waals surface area contributed by atoms with E-state index in [0.29, 0.717) is 0 Å². The quantitative estimate of drug-likeness (QED) is 0.603. The van der Waals surface area contributed by atoms with E-state index in [0.717, 1.165) is 5.56 Å². The van der Waals surface area contributed by atoms with E-state index in [4.69, 9.17) is 10.5 Å². The molecule has 1 aromatic rings. The molecule has 0 radical (unpaired) electrons. The summed E-state index contributed by atoms with van der Waals surface area (Å²) in [6.07, 6.45) is -0.146. The van der Waals surface area contributed by atoms with E-state index < -0.39 is 29.2 Å². The van der Waals surface area contributed by atoms with Crippen molar-refractivity contribution in [3.63, 3.8) is 0 Å². The number of piperidine rings is 1. The topological polar surface area (TPSA) is 98.5 Å². The molecule has 3 N–H and O–H groups in total.